The van der Waals surface area contributed by atoms with Crippen LogP contribution < -0.4 is 4.74 Å². The second-order valence-corrected chi connectivity index (χ2v) is 3.95. The number of hydrogen-bond acceptors (Lipinski definition) is 4. The summed E-state index contributed by atoms with van der Waals surface area (Å²) in [6, 6.07) is 8.81. The number of nitrogens with zero attached hydrogens (tertiary/aromatic N) is 2. The van der Waals surface area contributed by atoms with E-state index in [9.17, 15) is 4.79 Å². The second kappa shape index (κ2) is 5.48. The maximum absolute atomic E-state index is 11.0. The maximum atomic E-state index is 11.0. The quantitative estimate of drug-likeness (QED) is 0.912. The number of ether oxygens (including phenoxy) is 1. The molecule has 0 atom stereocenters. The van der Waals surface area contributed by atoms with E-state index in [0.29, 0.717) is 18.1 Å². The van der Waals surface area contributed by atoms with Crippen LogP contribution >= 0.6 is 0 Å². The van der Waals surface area contributed by atoms with E-state index in [2.05, 4.69) is 9.97 Å². The third-order valence-corrected chi connectivity index (χ3v) is 2.52. The lowest BCUT2D eigenvalue weighted by atomic mass is 10.1. The first-order valence-electron chi connectivity index (χ1n) is 5.92. The Morgan fingerprint density at radius 1 is 1.26 bits per heavy atom. The molecular weight excluding hydrogens is 244 g/mol. The van der Waals surface area contributed by atoms with Gasteiger partial charge in [0.1, 0.15) is 11.6 Å². The SMILES string of the molecule is CCOc1ccc(-c2cc(C(=O)O)nc(C)n2)cc1. The van der Waals surface area contributed by atoms with Crippen molar-refractivity contribution < 1.29 is 14.6 Å². The van der Waals surface area contributed by atoms with Gasteiger partial charge in [0.15, 0.2) is 5.69 Å². The molecule has 0 saturated carbocycles. The fraction of sp³-hybridized carbons (Fsp3) is 0.214. The van der Waals surface area contributed by atoms with E-state index in [1.807, 2.05) is 31.2 Å². The number of carboxylic acid groups (broad SMARTS) is 1. The highest BCUT2D eigenvalue weighted by Gasteiger charge is 2.09. The van der Waals surface area contributed by atoms with Gasteiger partial charge in [0.2, 0.25) is 0 Å². The lowest BCUT2D eigenvalue weighted by Gasteiger charge is -2.06. The molecule has 2 aromatic rings. The third-order valence-electron chi connectivity index (χ3n) is 2.52. The zero-order valence-electron chi connectivity index (χ0n) is 10.8. The topological polar surface area (TPSA) is 72.3 Å². The molecule has 0 aliphatic carbocycles. The van der Waals surface area contributed by atoms with Crippen LogP contribution in [-0.2, 0) is 0 Å². The van der Waals surface area contributed by atoms with Gasteiger partial charge in [-0.05, 0) is 44.2 Å². The maximum Gasteiger partial charge on any atom is 0.354 e. The van der Waals surface area contributed by atoms with E-state index in [-0.39, 0.29) is 5.69 Å². The number of benzene rings is 1. The fourth-order valence-corrected chi connectivity index (χ4v) is 1.71. The molecule has 0 saturated heterocycles. The van der Waals surface area contributed by atoms with Crippen molar-refractivity contribution in [2.75, 3.05) is 6.61 Å². The van der Waals surface area contributed by atoms with Crippen molar-refractivity contribution in [3.8, 4) is 17.0 Å². The second-order valence-electron chi connectivity index (χ2n) is 3.95. The first-order chi connectivity index (χ1) is 9.10. The number of carbonyl (C=O) groups is 1. The molecule has 0 bridgehead atoms. The van der Waals surface area contributed by atoms with Crippen LogP contribution in [0.25, 0.3) is 11.3 Å². The predicted octanol–water partition coefficient (Wildman–Crippen LogP) is 2.55. The molecule has 98 valence electrons. The van der Waals surface area contributed by atoms with Gasteiger partial charge in [0.25, 0.3) is 0 Å². The molecule has 5 heteroatoms. The van der Waals surface area contributed by atoms with Crippen LogP contribution in [0.3, 0.4) is 0 Å². The summed E-state index contributed by atoms with van der Waals surface area (Å²) in [5.41, 5.74) is 1.42. The molecule has 1 aromatic heterocycles. The highest BCUT2D eigenvalue weighted by Crippen LogP contribution is 2.21. The Morgan fingerprint density at radius 3 is 2.53 bits per heavy atom. The Morgan fingerprint density at radius 2 is 1.95 bits per heavy atom. The minimum absolute atomic E-state index is 0.00335. The molecule has 0 radical (unpaired) electrons. The Kier molecular flexibility index (Phi) is 3.75. The van der Waals surface area contributed by atoms with Crippen molar-refractivity contribution >= 4 is 5.97 Å². The summed E-state index contributed by atoms with van der Waals surface area (Å²) in [7, 11) is 0. The van der Waals surface area contributed by atoms with E-state index in [4.69, 9.17) is 9.84 Å². The number of aromatic carboxylic acids is 1. The molecule has 19 heavy (non-hydrogen) atoms. The van der Waals surface area contributed by atoms with Crippen LogP contribution in [0, 0.1) is 6.92 Å². The van der Waals surface area contributed by atoms with Crippen LogP contribution in [0.4, 0.5) is 0 Å². The zero-order valence-corrected chi connectivity index (χ0v) is 10.8. The Hall–Kier alpha value is -2.43. The smallest absolute Gasteiger partial charge is 0.354 e. The van der Waals surface area contributed by atoms with Gasteiger partial charge in [-0.3, -0.25) is 0 Å². The predicted molar refractivity (Wildman–Crippen MR) is 70.3 cm³/mol. The summed E-state index contributed by atoms with van der Waals surface area (Å²) in [4.78, 5) is 19.1. The summed E-state index contributed by atoms with van der Waals surface area (Å²) in [5.74, 6) is 0.150. The van der Waals surface area contributed by atoms with Crippen LogP contribution in [-0.4, -0.2) is 27.7 Å². The summed E-state index contributed by atoms with van der Waals surface area (Å²) in [6.45, 7) is 4.19. The largest absolute Gasteiger partial charge is 0.494 e. The highest BCUT2D eigenvalue weighted by molar-refractivity contribution is 5.86. The van der Waals surface area contributed by atoms with Crippen molar-refractivity contribution in [1.82, 2.24) is 9.97 Å². The van der Waals surface area contributed by atoms with Crippen molar-refractivity contribution in [3.63, 3.8) is 0 Å². The van der Waals surface area contributed by atoms with Crippen molar-refractivity contribution in [1.29, 1.82) is 0 Å². The van der Waals surface area contributed by atoms with E-state index < -0.39 is 5.97 Å². The van der Waals surface area contributed by atoms with Crippen molar-refractivity contribution in [3.05, 3.63) is 41.9 Å². The Balaban J connectivity index is 2.38. The number of aryl methyl sites for hydroxylation is 1. The Labute approximate surface area is 110 Å². The summed E-state index contributed by atoms with van der Waals surface area (Å²) >= 11 is 0. The number of aromatic nitrogens is 2. The van der Waals surface area contributed by atoms with Crippen molar-refractivity contribution in [2.24, 2.45) is 0 Å². The van der Waals surface area contributed by atoms with E-state index in [0.717, 1.165) is 11.3 Å². The molecule has 0 spiro atoms. The average molecular weight is 258 g/mol. The van der Waals surface area contributed by atoms with E-state index in [1.54, 1.807) is 6.92 Å². The van der Waals surface area contributed by atoms with Gasteiger partial charge in [0, 0.05) is 5.56 Å². The zero-order chi connectivity index (χ0) is 13.8. The normalized spacial score (nSPS) is 10.2. The lowest BCUT2D eigenvalue weighted by molar-refractivity contribution is 0.0690. The minimum Gasteiger partial charge on any atom is -0.494 e. The van der Waals surface area contributed by atoms with E-state index >= 15 is 0 Å². The molecule has 0 aliphatic rings. The third kappa shape index (κ3) is 3.07. The van der Waals surface area contributed by atoms with Gasteiger partial charge in [0.05, 0.1) is 12.3 Å². The lowest BCUT2D eigenvalue weighted by Crippen LogP contribution is -2.04. The summed E-state index contributed by atoms with van der Waals surface area (Å²) in [6.07, 6.45) is 0. The van der Waals surface area contributed by atoms with Crippen LogP contribution in [0.5, 0.6) is 5.75 Å². The molecular formula is C14H14N2O3. The molecule has 0 aliphatic heterocycles. The standard InChI is InChI=1S/C14H14N2O3/c1-3-19-11-6-4-10(5-7-11)12-8-13(14(17)18)16-9(2)15-12/h4-8H,3H2,1-2H3,(H,17,18). The van der Waals surface area contributed by atoms with Crippen molar-refractivity contribution in [2.45, 2.75) is 13.8 Å². The first-order valence-corrected chi connectivity index (χ1v) is 5.92. The Bertz CT molecular complexity index is 594. The van der Waals surface area contributed by atoms with Crippen LogP contribution in [0.2, 0.25) is 0 Å². The summed E-state index contributed by atoms with van der Waals surface area (Å²) < 4.78 is 5.36. The number of carboxylic acids is 1. The summed E-state index contributed by atoms with van der Waals surface area (Å²) in [5, 5.41) is 8.98. The highest BCUT2D eigenvalue weighted by atomic mass is 16.5. The molecule has 5 nitrogen and oxygen atoms in total. The van der Waals surface area contributed by atoms with Crippen LogP contribution in [0.15, 0.2) is 30.3 Å². The molecule has 0 amide bonds. The molecule has 2 rings (SSSR count). The minimum atomic E-state index is -1.06. The van der Waals surface area contributed by atoms with Gasteiger partial charge >= 0.3 is 5.97 Å². The van der Waals surface area contributed by atoms with Gasteiger partial charge < -0.3 is 9.84 Å². The van der Waals surface area contributed by atoms with Gasteiger partial charge in [-0.25, -0.2) is 14.8 Å². The number of hydrogen-bond donors (Lipinski definition) is 1. The number of rotatable bonds is 4. The fourth-order valence-electron chi connectivity index (χ4n) is 1.71. The molecule has 1 aromatic carbocycles. The first kappa shape index (κ1) is 13.0. The van der Waals surface area contributed by atoms with Gasteiger partial charge in [-0.1, -0.05) is 0 Å². The molecule has 1 heterocycles. The average Bonchev–Trinajstić information content (AvgIpc) is 2.39. The van der Waals surface area contributed by atoms with E-state index in [1.165, 1.54) is 6.07 Å². The van der Waals surface area contributed by atoms with Gasteiger partial charge in [-0.2, -0.15) is 0 Å². The molecule has 0 unspecified atom stereocenters. The van der Waals surface area contributed by atoms with Crippen LogP contribution in [0.1, 0.15) is 23.2 Å². The van der Waals surface area contributed by atoms with Gasteiger partial charge in [-0.15, -0.1) is 0 Å². The molecule has 0 fully saturated rings. The monoisotopic (exact) mass is 258 g/mol. The molecule has 1 N–H and O–H groups in total.